The predicted molar refractivity (Wildman–Crippen MR) is 227 cm³/mol. The molecule has 0 radical (unpaired) electrons. The molecule has 0 spiro atoms. The van der Waals surface area contributed by atoms with E-state index in [0.717, 1.165) is 56.1 Å². The Bertz CT molecular complexity index is 3030. The number of aryl methyl sites for hydroxylation is 1. The molecule has 0 fully saturated rings. The molecule has 0 N–H and O–H groups in total. The number of benzene rings is 9. The Morgan fingerprint density at radius 1 is 0.352 bits per heavy atom. The van der Waals surface area contributed by atoms with Gasteiger partial charge in [0, 0.05) is 39.2 Å². The molecule has 0 unspecified atom stereocenters. The first-order chi connectivity index (χ1) is 26.7. The third-order valence-electron chi connectivity index (χ3n) is 11.0. The van der Waals surface area contributed by atoms with Gasteiger partial charge in [0.25, 0.3) is 0 Å². The van der Waals surface area contributed by atoms with Crippen LogP contribution < -0.4 is 9.80 Å². The molecule has 0 amide bonds. The van der Waals surface area contributed by atoms with Gasteiger partial charge in [0.05, 0.1) is 5.69 Å². The molecular formula is C51H34N2O. The van der Waals surface area contributed by atoms with Gasteiger partial charge in [-0.1, -0.05) is 97.1 Å². The molecule has 9 aromatic carbocycles. The quantitative estimate of drug-likeness (QED) is 0.173. The number of anilines is 6. The lowest BCUT2D eigenvalue weighted by Crippen LogP contribution is -2.11. The molecule has 54 heavy (non-hydrogen) atoms. The Morgan fingerprint density at radius 2 is 0.852 bits per heavy atom. The van der Waals surface area contributed by atoms with E-state index in [9.17, 15) is 0 Å². The van der Waals surface area contributed by atoms with Crippen LogP contribution in [0.2, 0.25) is 0 Å². The molecule has 1 aliphatic rings. The summed E-state index contributed by atoms with van der Waals surface area (Å²) in [6.45, 7) is 2.18. The smallest absolute Gasteiger partial charge is 0.159 e. The minimum Gasteiger partial charge on any atom is -0.454 e. The molecule has 0 atom stereocenters. The van der Waals surface area contributed by atoms with Gasteiger partial charge in [-0.3, -0.25) is 0 Å². The van der Waals surface area contributed by atoms with Crippen LogP contribution in [-0.2, 0) is 0 Å². The van der Waals surface area contributed by atoms with Crippen LogP contribution >= 0.6 is 0 Å². The van der Waals surface area contributed by atoms with Crippen molar-refractivity contribution in [1.29, 1.82) is 0 Å². The molecule has 0 bridgehead atoms. The minimum atomic E-state index is 0.888. The monoisotopic (exact) mass is 690 g/mol. The third kappa shape index (κ3) is 4.76. The summed E-state index contributed by atoms with van der Waals surface area (Å²) in [4.78, 5) is 4.68. The van der Waals surface area contributed by atoms with Gasteiger partial charge in [0.2, 0.25) is 0 Å². The Balaban J connectivity index is 1.01. The molecule has 254 valence electrons. The van der Waals surface area contributed by atoms with E-state index in [2.05, 4.69) is 199 Å². The Kier molecular flexibility index (Phi) is 6.77. The molecular weight excluding hydrogens is 657 g/mol. The van der Waals surface area contributed by atoms with Gasteiger partial charge in [-0.25, -0.2) is 0 Å². The Labute approximate surface area is 313 Å². The molecule has 1 aliphatic carbocycles. The Morgan fingerprint density at radius 3 is 1.48 bits per heavy atom. The maximum Gasteiger partial charge on any atom is 0.159 e. The van der Waals surface area contributed by atoms with Crippen LogP contribution in [-0.4, -0.2) is 0 Å². The molecule has 0 aliphatic heterocycles. The van der Waals surface area contributed by atoms with Crippen LogP contribution in [0.1, 0.15) is 5.56 Å². The number of para-hydroxylation sites is 5. The van der Waals surface area contributed by atoms with Crippen LogP contribution in [0.25, 0.3) is 65.7 Å². The molecule has 0 saturated heterocycles. The first-order valence-electron chi connectivity index (χ1n) is 18.5. The van der Waals surface area contributed by atoms with Crippen molar-refractivity contribution in [3.8, 4) is 22.3 Å². The van der Waals surface area contributed by atoms with Crippen molar-refractivity contribution in [2.75, 3.05) is 9.80 Å². The molecule has 3 nitrogen and oxygen atoms in total. The normalized spacial score (nSPS) is 11.8. The third-order valence-corrected chi connectivity index (χ3v) is 11.0. The van der Waals surface area contributed by atoms with Crippen molar-refractivity contribution >= 4 is 77.6 Å². The highest BCUT2D eigenvalue weighted by atomic mass is 16.3. The van der Waals surface area contributed by atoms with Gasteiger partial charge >= 0.3 is 0 Å². The standard InChI is InChI=1S/C51H34N2O/c1-33-13-8-10-20-48(33)53(49-21-12-19-43-42-18-9-11-22-50(42)54-51(43)49)41-26-24-35-30-45-46-31-36-27-40(25-23-34(36)29-44(46)47(45)32-37(35)28-41)52(38-14-4-2-5-15-38)39-16-6-3-7-17-39/h2-32H,1H3. The van der Waals surface area contributed by atoms with Crippen LogP contribution in [0.4, 0.5) is 34.1 Å². The second-order valence-electron chi connectivity index (χ2n) is 14.2. The fourth-order valence-corrected chi connectivity index (χ4v) is 8.41. The molecule has 3 heteroatoms. The second-order valence-corrected chi connectivity index (χ2v) is 14.2. The lowest BCUT2D eigenvalue weighted by molar-refractivity contribution is 0.669. The highest BCUT2D eigenvalue weighted by Crippen LogP contribution is 2.52. The number of fused-ring (bicyclic) bond motifs is 9. The van der Waals surface area contributed by atoms with Crippen molar-refractivity contribution < 1.29 is 4.42 Å². The highest BCUT2D eigenvalue weighted by molar-refractivity contribution is 6.13. The number of furan rings is 1. The summed E-state index contributed by atoms with van der Waals surface area (Å²) in [5.41, 5.74) is 14.9. The van der Waals surface area contributed by atoms with E-state index in [4.69, 9.17) is 4.42 Å². The van der Waals surface area contributed by atoms with Gasteiger partial charge in [-0.15, -0.1) is 0 Å². The summed E-state index contributed by atoms with van der Waals surface area (Å²) >= 11 is 0. The predicted octanol–water partition coefficient (Wildman–Crippen LogP) is 14.8. The van der Waals surface area contributed by atoms with E-state index >= 15 is 0 Å². The number of rotatable bonds is 6. The minimum absolute atomic E-state index is 0.888. The summed E-state index contributed by atoms with van der Waals surface area (Å²) in [5, 5.41) is 7.16. The molecule has 11 rings (SSSR count). The van der Waals surface area contributed by atoms with E-state index in [1.54, 1.807) is 0 Å². The van der Waals surface area contributed by atoms with E-state index in [1.165, 1.54) is 49.4 Å². The average molecular weight is 691 g/mol. The lowest BCUT2D eigenvalue weighted by Gasteiger charge is -2.29. The van der Waals surface area contributed by atoms with Crippen LogP contribution in [0.3, 0.4) is 0 Å². The first-order valence-corrected chi connectivity index (χ1v) is 18.5. The zero-order valence-electron chi connectivity index (χ0n) is 29.7. The number of hydrogen-bond donors (Lipinski definition) is 0. The molecule has 1 aromatic heterocycles. The van der Waals surface area contributed by atoms with Gasteiger partial charge in [-0.05, 0) is 147 Å². The van der Waals surface area contributed by atoms with Crippen LogP contribution in [0.15, 0.2) is 192 Å². The molecule has 10 aromatic rings. The van der Waals surface area contributed by atoms with Crippen molar-refractivity contribution in [3.63, 3.8) is 0 Å². The SMILES string of the molecule is Cc1ccccc1N(c1ccc2cc3c(cc2c1)-c1cc2ccc(N(c4ccccc4)c4ccccc4)cc2cc1-3)c1cccc2c1oc1ccccc12. The van der Waals surface area contributed by atoms with Gasteiger partial charge < -0.3 is 14.2 Å². The Hall–Kier alpha value is -7.10. The van der Waals surface area contributed by atoms with E-state index in [-0.39, 0.29) is 0 Å². The summed E-state index contributed by atoms with van der Waals surface area (Å²) in [6.07, 6.45) is 0. The fourth-order valence-electron chi connectivity index (χ4n) is 8.41. The maximum atomic E-state index is 6.57. The van der Waals surface area contributed by atoms with Gasteiger partial charge in [0.1, 0.15) is 5.58 Å². The van der Waals surface area contributed by atoms with Crippen molar-refractivity contribution in [1.82, 2.24) is 0 Å². The van der Waals surface area contributed by atoms with E-state index in [0.29, 0.717) is 0 Å². The van der Waals surface area contributed by atoms with Crippen molar-refractivity contribution in [2.45, 2.75) is 6.92 Å². The zero-order valence-corrected chi connectivity index (χ0v) is 29.7. The lowest BCUT2D eigenvalue weighted by atomic mass is 9.78. The first kappa shape index (κ1) is 30.5. The average Bonchev–Trinajstić information content (AvgIpc) is 3.61. The van der Waals surface area contributed by atoms with E-state index < -0.39 is 0 Å². The zero-order chi connectivity index (χ0) is 35.8. The molecule has 1 heterocycles. The largest absolute Gasteiger partial charge is 0.454 e. The number of nitrogens with zero attached hydrogens (tertiary/aromatic N) is 2. The highest BCUT2D eigenvalue weighted by Gasteiger charge is 2.26. The summed E-state index contributed by atoms with van der Waals surface area (Å²) in [6, 6.07) is 67.7. The van der Waals surface area contributed by atoms with Crippen LogP contribution in [0, 0.1) is 6.92 Å². The van der Waals surface area contributed by atoms with Crippen molar-refractivity contribution in [3.05, 3.63) is 194 Å². The molecule has 0 saturated carbocycles. The van der Waals surface area contributed by atoms with Gasteiger partial charge in [0.15, 0.2) is 5.58 Å². The summed E-state index contributed by atoms with van der Waals surface area (Å²) in [5.74, 6) is 0. The maximum absolute atomic E-state index is 6.57. The van der Waals surface area contributed by atoms with E-state index in [1.807, 2.05) is 6.07 Å². The summed E-state index contributed by atoms with van der Waals surface area (Å²) < 4.78 is 6.57. The van der Waals surface area contributed by atoms with Gasteiger partial charge in [-0.2, -0.15) is 0 Å². The van der Waals surface area contributed by atoms with Crippen LogP contribution in [0.5, 0.6) is 0 Å². The fraction of sp³-hybridized carbons (Fsp3) is 0.0196. The van der Waals surface area contributed by atoms with Crippen molar-refractivity contribution in [2.24, 2.45) is 0 Å². The summed E-state index contributed by atoms with van der Waals surface area (Å²) in [7, 11) is 0. The topological polar surface area (TPSA) is 19.6 Å². The number of hydrogen-bond acceptors (Lipinski definition) is 3. The second kappa shape index (κ2) is 12.0.